The summed E-state index contributed by atoms with van der Waals surface area (Å²) in [5.74, 6) is 0.290. The quantitative estimate of drug-likeness (QED) is 0.630. The van der Waals surface area contributed by atoms with Crippen molar-refractivity contribution in [2.24, 2.45) is 5.41 Å². The van der Waals surface area contributed by atoms with Gasteiger partial charge >= 0.3 is 0 Å². The van der Waals surface area contributed by atoms with Crippen LogP contribution >= 0.6 is 0 Å². The molecular weight excluding hydrogens is 302 g/mol. The summed E-state index contributed by atoms with van der Waals surface area (Å²) in [7, 11) is 0. The predicted molar refractivity (Wildman–Crippen MR) is 80.2 cm³/mol. The Morgan fingerprint density at radius 3 is 2.78 bits per heavy atom. The van der Waals surface area contributed by atoms with Gasteiger partial charge in [-0.1, -0.05) is 13.8 Å². The molecule has 3 rings (SSSR count). The monoisotopic (exact) mass is 319 g/mol. The summed E-state index contributed by atoms with van der Waals surface area (Å²) >= 11 is 0. The number of hydrogen-bond donors (Lipinski definition) is 2. The van der Waals surface area contributed by atoms with Crippen molar-refractivity contribution in [2.75, 3.05) is 5.32 Å². The zero-order valence-electron chi connectivity index (χ0n) is 13.0. The van der Waals surface area contributed by atoms with Gasteiger partial charge in [0.05, 0.1) is 16.7 Å². The van der Waals surface area contributed by atoms with E-state index in [1.807, 2.05) is 13.8 Å². The number of aliphatic hydroxyl groups is 1. The fourth-order valence-electron chi connectivity index (χ4n) is 3.09. The first-order valence-electron chi connectivity index (χ1n) is 7.19. The lowest BCUT2D eigenvalue weighted by molar-refractivity contribution is -0.431. The highest BCUT2D eigenvalue weighted by molar-refractivity contribution is 5.98. The van der Waals surface area contributed by atoms with Gasteiger partial charge in [0.15, 0.2) is 11.8 Å². The van der Waals surface area contributed by atoms with Crippen LogP contribution < -0.4 is 5.32 Å². The number of carbonyl (C=O) groups excluding carboxylic acids is 1. The molecule has 0 spiro atoms. The number of anilines is 1. The van der Waals surface area contributed by atoms with Crippen LogP contribution in [-0.4, -0.2) is 30.6 Å². The number of allylic oxidation sites excluding steroid dienone is 2. The molecule has 2 heterocycles. The van der Waals surface area contributed by atoms with Gasteiger partial charge in [0, 0.05) is 12.8 Å². The van der Waals surface area contributed by atoms with Crippen molar-refractivity contribution in [3.63, 3.8) is 0 Å². The Kier molecular flexibility index (Phi) is 3.24. The lowest BCUT2D eigenvalue weighted by Crippen LogP contribution is -2.34. The summed E-state index contributed by atoms with van der Waals surface area (Å²) in [4.78, 5) is 27.5. The smallest absolute Gasteiger partial charge is 0.291 e. The van der Waals surface area contributed by atoms with Gasteiger partial charge in [-0.05, 0) is 12.3 Å². The van der Waals surface area contributed by atoms with Crippen molar-refractivity contribution in [3.8, 4) is 0 Å². The minimum absolute atomic E-state index is 0.0277. The summed E-state index contributed by atoms with van der Waals surface area (Å²) in [5.41, 5.74) is -0.603. The van der Waals surface area contributed by atoms with E-state index in [2.05, 4.69) is 15.4 Å². The summed E-state index contributed by atoms with van der Waals surface area (Å²) in [6.07, 6.45) is 1.69. The Morgan fingerprint density at radius 1 is 1.48 bits per heavy atom. The van der Waals surface area contributed by atoms with Gasteiger partial charge in [-0.3, -0.25) is 14.9 Å². The molecule has 1 aliphatic heterocycles. The first kappa shape index (κ1) is 15.2. The van der Waals surface area contributed by atoms with E-state index in [4.69, 9.17) is 0 Å². The van der Waals surface area contributed by atoms with E-state index in [9.17, 15) is 20.0 Å². The molecule has 1 aromatic rings. The highest BCUT2D eigenvalue weighted by Gasteiger charge is 2.44. The third-order valence-electron chi connectivity index (χ3n) is 3.99. The number of ketones is 1. The van der Waals surface area contributed by atoms with Crippen LogP contribution in [0.15, 0.2) is 23.2 Å². The maximum Gasteiger partial charge on any atom is 0.291 e. The molecule has 1 unspecified atom stereocenters. The van der Waals surface area contributed by atoms with Crippen LogP contribution in [0.5, 0.6) is 0 Å². The van der Waals surface area contributed by atoms with Gasteiger partial charge in [0.2, 0.25) is 5.95 Å². The summed E-state index contributed by atoms with van der Waals surface area (Å²) < 4.78 is 1.29. The maximum absolute atomic E-state index is 12.6. The molecule has 1 aromatic heterocycles. The number of nitrogens with zero attached hydrogens (tertiary/aromatic N) is 4. The Labute approximate surface area is 131 Å². The van der Waals surface area contributed by atoms with Crippen molar-refractivity contribution < 1.29 is 14.8 Å². The molecule has 0 radical (unpaired) electrons. The molecule has 0 fully saturated rings. The van der Waals surface area contributed by atoms with E-state index in [0.717, 1.165) is 0 Å². The first-order valence-corrected chi connectivity index (χ1v) is 7.19. The van der Waals surface area contributed by atoms with Crippen molar-refractivity contribution in [3.05, 3.63) is 39.2 Å². The summed E-state index contributed by atoms with van der Waals surface area (Å²) in [6.45, 7) is 5.39. The second-order valence-corrected chi connectivity index (χ2v) is 6.60. The largest absolute Gasteiger partial charge is 0.512 e. The Bertz CT molecular complexity index is 774. The molecule has 0 aromatic carbocycles. The normalized spacial score (nSPS) is 23.2. The number of rotatable bonds is 2. The number of Topliss-reactive ketones (excluding diaryl/α,β-unsaturated/α-hetero) is 1. The fourth-order valence-corrected chi connectivity index (χ4v) is 3.09. The van der Waals surface area contributed by atoms with Gasteiger partial charge in [0.25, 0.3) is 5.70 Å². The highest BCUT2D eigenvalue weighted by atomic mass is 16.6. The lowest BCUT2D eigenvalue weighted by Gasteiger charge is -2.32. The van der Waals surface area contributed by atoms with Gasteiger partial charge < -0.3 is 10.4 Å². The zero-order valence-corrected chi connectivity index (χ0v) is 13.0. The molecule has 1 atom stereocenters. The number of aromatic nitrogens is 3. The zero-order chi connectivity index (χ0) is 16.9. The standard InChI is InChI=1S/C14H17N5O4/c1-7-16-13-15-6-8(19(22)23)12(18(13)17-7)11-9(20)4-14(2,3)5-10(11)21/h6,12,20H,4-5H2,1-3H3,(H,15,16,17). The van der Waals surface area contributed by atoms with E-state index in [0.29, 0.717) is 11.8 Å². The average Bonchev–Trinajstić information content (AvgIpc) is 2.76. The van der Waals surface area contributed by atoms with Crippen LogP contribution in [0.1, 0.15) is 38.6 Å². The highest BCUT2D eigenvalue weighted by Crippen LogP contribution is 2.42. The molecular formula is C14H17N5O4. The van der Waals surface area contributed by atoms with Crippen LogP contribution in [-0.2, 0) is 4.79 Å². The third-order valence-corrected chi connectivity index (χ3v) is 3.99. The number of fused-ring (bicyclic) bond motifs is 1. The maximum atomic E-state index is 12.6. The number of aliphatic hydroxyl groups excluding tert-OH is 1. The predicted octanol–water partition coefficient (Wildman–Crippen LogP) is 1.87. The Hall–Kier alpha value is -2.71. The van der Waals surface area contributed by atoms with Gasteiger partial charge in [-0.25, -0.2) is 4.68 Å². The van der Waals surface area contributed by atoms with E-state index in [1.165, 1.54) is 10.9 Å². The van der Waals surface area contributed by atoms with Gasteiger partial charge in [-0.2, -0.15) is 10.1 Å². The SMILES string of the molecule is Cc1nc2n(n1)C(C1=C(O)CC(C)(C)CC1=O)C([N+](=O)[O-])=CN2. The molecule has 1 aliphatic carbocycles. The molecule has 2 N–H and O–H groups in total. The third kappa shape index (κ3) is 2.47. The topological polar surface area (TPSA) is 123 Å². The molecule has 0 saturated heterocycles. The number of hydrogen-bond acceptors (Lipinski definition) is 7. The second kappa shape index (κ2) is 4.90. The molecule has 122 valence electrons. The van der Waals surface area contributed by atoms with Gasteiger partial charge in [0.1, 0.15) is 11.6 Å². The number of nitrogens with one attached hydrogen (secondary N) is 1. The Balaban J connectivity index is 2.17. The van der Waals surface area contributed by atoms with Crippen LogP contribution in [0.3, 0.4) is 0 Å². The summed E-state index contributed by atoms with van der Waals surface area (Å²) in [5, 5.41) is 28.6. The van der Waals surface area contributed by atoms with Crippen LogP contribution in [0, 0.1) is 22.5 Å². The van der Waals surface area contributed by atoms with Crippen LogP contribution in [0.2, 0.25) is 0 Å². The van der Waals surface area contributed by atoms with Gasteiger partial charge in [-0.15, -0.1) is 0 Å². The lowest BCUT2D eigenvalue weighted by atomic mass is 9.74. The number of aryl methyl sites for hydroxylation is 1. The van der Waals surface area contributed by atoms with Crippen molar-refractivity contribution >= 4 is 11.7 Å². The molecule has 9 heteroatoms. The Morgan fingerprint density at radius 2 is 2.17 bits per heavy atom. The van der Waals surface area contributed by atoms with Crippen molar-refractivity contribution in [1.82, 2.24) is 14.8 Å². The minimum Gasteiger partial charge on any atom is -0.512 e. The van der Waals surface area contributed by atoms with Crippen LogP contribution in [0.4, 0.5) is 5.95 Å². The van der Waals surface area contributed by atoms with Crippen molar-refractivity contribution in [1.29, 1.82) is 0 Å². The molecule has 23 heavy (non-hydrogen) atoms. The summed E-state index contributed by atoms with van der Waals surface area (Å²) in [6, 6.07) is -1.08. The van der Waals surface area contributed by atoms with E-state index in [-0.39, 0.29) is 41.1 Å². The number of nitro groups is 1. The molecule has 9 nitrogen and oxygen atoms in total. The second-order valence-electron chi connectivity index (χ2n) is 6.60. The van der Waals surface area contributed by atoms with Crippen molar-refractivity contribution in [2.45, 2.75) is 39.7 Å². The number of carbonyl (C=O) groups is 1. The van der Waals surface area contributed by atoms with E-state index in [1.54, 1.807) is 6.92 Å². The average molecular weight is 319 g/mol. The van der Waals surface area contributed by atoms with Crippen LogP contribution in [0.25, 0.3) is 0 Å². The molecule has 0 saturated carbocycles. The first-order chi connectivity index (χ1) is 10.7. The van der Waals surface area contributed by atoms with E-state index < -0.39 is 11.0 Å². The minimum atomic E-state index is -1.08. The molecule has 0 bridgehead atoms. The molecule has 2 aliphatic rings. The molecule has 0 amide bonds. The van der Waals surface area contributed by atoms with E-state index >= 15 is 0 Å². The fraction of sp³-hybridized carbons (Fsp3) is 0.500.